The van der Waals surface area contributed by atoms with Gasteiger partial charge in [-0.2, -0.15) is 5.10 Å². The number of amides is 1. The average Bonchev–Trinajstić information content (AvgIpc) is 2.54. The lowest BCUT2D eigenvalue weighted by atomic mass is 10.1. The molecule has 0 bridgehead atoms. The average molecular weight is 296 g/mol. The zero-order chi connectivity index (χ0) is 15.9. The molecule has 0 aliphatic rings. The summed E-state index contributed by atoms with van der Waals surface area (Å²) in [5.41, 5.74) is 6.05. The highest BCUT2D eigenvalue weighted by Crippen LogP contribution is 2.12. The normalized spacial score (nSPS) is 11.1. The molecule has 0 saturated carbocycles. The van der Waals surface area contributed by atoms with Crippen LogP contribution in [0.15, 0.2) is 53.6 Å². The quantitative estimate of drug-likeness (QED) is 0.677. The molecule has 0 unspecified atom stereocenters. The standard InChI is InChI=1S/C18H20N2O2/c1-4-22-17-11-9-16(10-12-17)18(21)20-19-14(3)15-7-5-13(2)6-8-15/h5-12H,4H2,1-3H3,(H,20,21)/b19-14+. The smallest absolute Gasteiger partial charge is 0.271 e. The molecule has 4 heteroatoms. The van der Waals surface area contributed by atoms with E-state index in [2.05, 4.69) is 10.5 Å². The van der Waals surface area contributed by atoms with Crippen LogP contribution in [0.5, 0.6) is 5.75 Å². The molecule has 4 nitrogen and oxygen atoms in total. The molecule has 1 N–H and O–H groups in total. The van der Waals surface area contributed by atoms with Crippen molar-refractivity contribution in [2.75, 3.05) is 6.61 Å². The maximum Gasteiger partial charge on any atom is 0.271 e. The number of aryl methyl sites for hydroxylation is 1. The highest BCUT2D eigenvalue weighted by atomic mass is 16.5. The maximum atomic E-state index is 12.0. The van der Waals surface area contributed by atoms with Crippen molar-refractivity contribution in [2.45, 2.75) is 20.8 Å². The fourth-order valence-electron chi connectivity index (χ4n) is 1.93. The van der Waals surface area contributed by atoms with E-state index in [0.29, 0.717) is 12.2 Å². The second-order valence-corrected chi connectivity index (χ2v) is 4.96. The number of hydrazone groups is 1. The molecular weight excluding hydrogens is 276 g/mol. The Hall–Kier alpha value is -2.62. The third kappa shape index (κ3) is 4.19. The van der Waals surface area contributed by atoms with E-state index in [1.54, 1.807) is 24.3 Å². The van der Waals surface area contributed by atoms with Gasteiger partial charge in [-0.25, -0.2) is 5.43 Å². The van der Waals surface area contributed by atoms with E-state index >= 15 is 0 Å². The molecule has 1 amide bonds. The van der Waals surface area contributed by atoms with Gasteiger partial charge < -0.3 is 4.74 Å². The zero-order valence-electron chi connectivity index (χ0n) is 13.1. The number of carbonyl (C=O) groups is 1. The van der Waals surface area contributed by atoms with Crippen LogP contribution in [0.25, 0.3) is 0 Å². The highest BCUT2D eigenvalue weighted by molar-refractivity contribution is 6.00. The molecule has 2 aromatic rings. The molecule has 0 atom stereocenters. The molecule has 0 aliphatic carbocycles. The van der Waals surface area contributed by atoms with E-state index in [1.807, 2.05) is 45.0 Å². The first kappa shape index (κ1) is 15.8. The summed E-state index contributed by atoms with van der Waals surface area (Å²) in [6, 6.07) is 15.0. The Kier molecular flexibility index (Phi) is 5.31. The predicted molar refractivity (Wildman–Crippen MR) is 88.5 cm³/mol. The lowest BCUT2D eigenvalue weighted by molar-refractivity contribution is 0.0955. The van der Waals surface area contributed by atoms with Crippen LogP contribution in [0, 0.1) is 6.92 Å². The number of nitrogens with one attached hydrogen (secondary N) is 1. The third-order valence-electron chi connectivity index (χ3n) is 3.22. The maximum absolute atomic E-state index is 12.0. The van der Waals surface area contributed by atoms with Gasteiger partial charge in [0.1, 0.15) is 5.75 Å². The zero-order valence-corrected chi connectivity index (χ0v) is 13.1. The summed E-state index contributed by atoms with van der Waals surface area (Å²) < 4.78 is 5.35. The number of hydrogen-bond acceptors (Lipinski definition) is 3. The summed E-state index contributed by atoms with van der Waals surface area (Å²) in [6.45, 7) is 6.42. The topological polar surface area (TPSA) is 50.7 Å². The SMILES string of the molecule is CCOc1ccc(C(=O)N/N=C(\C)c2ccc(C)cc2)cc1. The summed E-state index contributed by atoms with van der Waals surface area (Å²) in [4.78, 5) is 12.0. The number of rotatable bonds is 5. The van der Waals surface area contributed by atoms with Gasteiger partial charge in [-0.3, -0.25) is 4.79 Å². The van der Waals surface area contributed by atoms with Gasteiger partial charge in [-0.05, 0) is 50.6 Å². The minimum absolute atomic E-state index is 0.241. The van der Waals surface area contributed by atoms with Gasteiger partial charge >= 0.3 is 0 Å². The van der Waals surface area contributed by atoms with Crippen LogP contribution >= 0.6 is 0 Å². The predicted octanol–water partition coefficient (Wildman–Crippen LogP) is 3.55. The van der Waals surface area contributed by atoms with Crippen molar-refractivity contribution >= 4 is 11.6 Å². The van der Waals surface area contributed by atoms with Gasteiger partial charge in [-0.15, -0.1) is 0 Å². The largest absolute Gasteiger partial charge is 0.494 e. The number of nitrogens with zero attached hydrogens (tertiary/aromatic N) is 1. The first-order chi connectivity index (χ1) is 10.6. The Morgan fingerprint density at radius 3 is 2.23 bits per heavy atom. The Bertz CT molecular complexity index is 658. The van der Waals surface area contributed by atoms with Gasteiger partial charge in [0.2, 0.25) is 0 Å². The monoisotopic (exact) mass is 296 g/mol. The third-order valence-corrected chi connectivity index (χ3v) is 3.22. The summed E-state index contributed by atoms with van der Waals surface area (Å²) in [7, 11) is 0. The molecule has 2 aromatic carbocycles. The molecule has 0 spiro atoms. The lowest BCUT2D eigenvalue weighted by Crippen LogP contribution is -2.19. The van der Waals surface area contributed by atoms with Crippen molar-refractivity contribution in [1.82, 2.24) is 5.43 Å². The van der Waals surface area contributed by atoms with E-state index in [1.165, 1.54) is 5.56 Å². The van der Waals surface area contributed by atoms with E-state index in [4.69, 9.17) is 4.74 Å². The van der Waals surface area contributed by atoms with Crippen LogP contribution in [0.4, 0.5) is 0 Å². The van der Waals surface area contributed by atoms with Crippen LogP contribution < -0.4 is 10.2 Å². The van der Waals surface area contributed by atoms with Crippen molar-refractivity contribution in [2.24, 2.45) is 5.10 Å². The first-order valence-corrected chi connectivity index (χ1v) is 7.24. The fraction of sp³-hybridized carbons (Fsp3) is 0.222. The van der Waals surface area contributed by atoms with Crippen LogP contribution in [-0.4, -0.2) is 18.2 Å². The Morgan fingerprint density at radius 2 is 1.64 bits per heavy atom. The molecule has 0 aliphatic heterocycles. The van der Waals surface area contributed by atoms with Crippen molar-refractivity contribution in [3.8, 4) is 5.75 Å². The van der Waals surface area contributed by atoms with Crippen LogP contribution in [0.2, 0.25) is 0 Å². The van der Waals surface area contributed by atoms with E-state index < -0.39 is 0 Å². The Labute approximate surface area is 130 Å². The van der Waals surface area contributed by atoms with Crippen LogP contribution in [0.1, 0.15) is 35.3 Å². The summed E-state index contributed by atoms with van der Waals surface area (Å²) in [5.74, 6) is 0.507. The lowest BCUT2D eigenvalue weighted by Gasteiger charge is -2.05. The molecule has 0 fully saturated rings. The number of benzene rings is 2. The molecule has 114 valence electrons. The summed E-state index contributed by atoms with van der Waals surface area (Å²) in [6.07, 6.45) is 0. The van der Waals surface area contributed by atoms with Gasteiger partial charge in [0.25, 0.3) is 5.91 Å². The van der Waals surface area contributed by atoms with Crippen molar-refractivity contribution < 1.29 is 9.53 Å². The van der Waals surface area contributed by atoms with Crippen LogP contribution in [-0.2, 0) is 0 Å². The number of hydrogen-bond donors (Lipinski definition) is 1. The van der Waals surface area contributed by atoms with E-state index in [0.717, 1.165) is 17.0 Å². The first-order valence-electron chi connectivity index (χ1n) is 7.24. The van der Waals surface area contributed by atoms with Crippen molar-refractivity contribution in [3.63, 3.8) is 0 Å². The molecule has 0 saturated heterocycles. The minimum atomic E-state index is -0.241. The molecule has 0 heterocycles. The second kappa shape index (κ2) is 7.41. The Morgan fingerprint density at radius 1 is 1.05 bits per heavy atom. The molecule has 0 aromatic heterocycles. The second-order valence-electron chi connectivity index (χ2n) is 4.96. The molecular formula is C18H20N2O2. The molecule has 0 radical (unpaired) electrons. The Balaban J connectivity index is 2.01. The number of carbonyl (C=O) groups excluding carboxylic acids is 1. The van der Waals surface area contributed by atoms with Crippen molar-refractivity contribution in [3.05, 3.63) is 65.2 Å². The van der Waals surface area contributed by atoms with E-state index in [9.17, 15) is 4.79 Å². The van der Waals surface area contributed by atoms with E-state index in [-0.39, 0.29) is 5.91 Å². The summed E-state index contributed by atoms with van der Waals surface area (Å²) >= 11 is 0. The molecule has 2 rings (SSSR count). The van der Waals surface area contributed by atoms with Gasteiger partial charge in [0.05, 0.1) is 12.3 Å². The molecule has 22 heavy (non-hydrogen) atoms. The van der Waals surface area contributed by atoms with Crippen LogP contribution in [0.3, 0.4) is 0 Å². The minimum Gasteiger partial charge on any atom is -0.494 e. The van der Waals surface area contributed by atoms with Gasteiger partial charge in [0.15, 0.2) is 0 Å². The number of ether oxygens (including phenoxy) is 1. The summed E-state index contributed by atoms with van der Waals surface area (Å²) in [5, 5.41) is 4.14. The fourth-order valence-corrected chi connectivity index (χ4v) is 1.93. The van der Waals surface area contributed by atoms with Gasteiger partial charge in [0, 0.05) is 5.56 Å². The van der Waals surface area contributed by atoms with Crippen molar-refractivity contribution in [1.29, 1.82) is 0 Å². The highest BCUT2D eigenvalue weighted by Gasteiger charge is 2.05. The van der Waals surface area contributed by atoms with Gasteiger partial charge in [-0.1, -0.05) is 29.8 Å².